The van der Waals surface area contributed by atoms with Crippen LogP contribution in [-0.2, 0) is 0 Å². The second-order valence-corrected chi connectivity index (χ2v) is 5.11. The van der Waals surface area contributed by atoms with E-state index >= 15 is 0 Å². The molecule has 0 aliphatic carbocycles. The molecule has 3 rings (SSSR count). The summed E-state index contributed by atoms with van der Waals surface area (Å²) in [5.74, 6) is -0.318. The molecule has 5 nitrogen and oxygen atoms in total. The number of aromatic nitrogens is 1. The highest BCUT2D eigenvalue weighted by Gasteiger charge is 2.14. The van der Waals surface area contributed by atoms with E-state index in [1.165, 1.54) is 12.1 Å². The van der Waals surface area contributed by atoms with Crippen LogP contribution in [0.4, 0.5) is 0 Å². The molecule has 0 atom stereocenters. The number of nitrogens with one attached hydrogen (secondary N) is 1. The van der Waals surface area contributed by atoms with Crippen molar-refractivity contribution in [1.82, 2.24) is 10.5 Å². The van der Waals surface area contributed by atoms with Crippen LogP contribution < -0.4 is 5.48 Å². The standard InChI is InChI=1S/C14H8Cl2N2O3/c15-8-2-3-10(16)9(6-8)14-17-11-5-7(13(19)18-20)1-4-12(11)21-14/h1-6,20H,(H,18,19). The molecule has 2 aromatic carbocycles. The summed E-state index contributed by atoms with van der Waals surface area (Å²) in [6.45, 7) is 0. The Labute approximate surface area is 129 Å². The van der Waals surface area contributed by atoms with Gasteiger partial charge in [0, 0.05) is 10.6 Å². The minimum atomic E-state index is -0.623. The van der Waals surface area contributed by atoms with Crippen LogP contribution in [0, 0.1) is 0 Å². The largest absolute Gasteiger partial charge is 0.436 e. The van der Waals surface area contributed by atoms with Crippen LogP contribution in [0.5, 0.6) is 0 Å². The van der Waals surface area contributed by atoms with Crippen molar-refractivity contribution in [2.75, 3.05) is 0 Å². The van der Waals surface area contributed by atoms with Gasteiger partial charge in [-0.3, -0.25) is 10.0 Å². The van der Waals surface area contributed by atoms with Crippen LogP contribution in [0.2, 0.25) is 10.0 Å². The molecule has 0 aliphatic heterocycles. The highest BCUT2D eigenvalue weighted by Crippen LogP contribution is 2.32. The summed E-state index contributed by atoms with van der Waals surface area (Å²) in [6.07, 6.45) is 0. The summed E-state index contributed by atoms with van der Waals surface area (Å²) >= 11 is 12.0. The van der Waals surface area contributed by atoms with E-state index in [1.807, 2.05) is 0 Å². The molecule has 1 amide bonds. The van der Waals surface area contributed by atoms with E-state index in [4.69, 9.17) is 32.8 Å². The summed E-state index contributed by atoms with van der Waals surface area (Å²) in [5.41, 5.74) is 3.36. The Morgan fingerprint density at radius 1 is 1.19 bits per heavy atom. The van der Waals surface area contributed by atoms with Gasteiger partial charge in [-0.2, -0.15) is 0 Å². The zero-order valence-electron chi connectivity index (χ0n) is 10.4. The van der Waals surface area contributed by atoms with Crippen molar-refractivity contribution in [1.29, 1.82) is 0 Å². The lowest BCUT2D eigenvalue weighted by atomic mass is 10.2. The number of amides is 1. The maximum absolute atomic E-state index is 11.4. The highest BCUT2D eigenvalue weighted by molar-refractivity contribution is 6.35. The van der Waals surface area contributed by atoms with Gasteiger partial charge < -0.3 is 4.42 Å². The van der Waals surface area contributed by atoms with Gasteiger partial charge >= 0.3 is 0 Å². The van der Waals surface area contributed by atoms with Crippen molar-refractivity contribution < 1.29 is 14.4 Å². The van der Waals surface area contributed by atoms with Crippen LogP contribution in [0.1, 0.15) is 10.4 Å². The van der Waals surface area contributed by atoms with Crippen LogP contribution in [-0.4, -0.2) is 16.1 Å². The molecule has 106 valence electrons. The van der Waals surface area contributed by atoms with E-state index in [1.54, 1.807) is 29.7 Å². The Kier molecular flexibility index (Phi) is 3.55. The van der Waals surface area contributed by atoms with Gasteiger partial charge in [0.2, 0.25) is 5.89 Å². The lowest BCUT2D eigenvalue weighted by Gasteiger charge is -1.99. The summed E-state index contributed by atoms with van der Waals surface area (Å²) in [6, 6.07) is 9.58. The van der Waals surface area contributed by atoms with Gasteiger partial charge in [0.15, 0.2) is 5.58 Å². The molecule has 0 saturated heterocycles. The molecule has 3 aromatic rings. The van der Waals surface area contributed by atoms with Gasteiger partial charge in [0.25, 0.3) is 5.91 Å². The molecule has 1 aromatic heterocycles. The molecule has 7 heteroatoms. The van der Waals surface area contributed by atoms with Gasteiger partial charge in [0.05, 0.1) is 10.6 Å². The molecule has 0 fully saturated rings. The fourth-order valence-electron chi connectivity index (χ4n) is 1.91. The first-order valence-electron chi connectivity index (χ1n) is 5.89. The number of hydrogen-bond donors (Lipinski definition) is 2. The number of benzene rings is 2. The van der Waals surface area contributed by atoms with Crippen LogP contribution in [0.3, 0.4) is 0 Å². The quantitative estimate of drug-likeness (QED) is 0.554. The molecule has 0 aliphatic rings. The lowest BCUT2D eigenvalue weighted by molar-refractivity contribution is 0.0706. The van der Waals surface area contributed by atoms with Gasteiger partial charge in [-0.25, -0.2) is 10.5 Å². The Morgan fingerprint density at radius 3 is 2.76 bits per heavy atom. The van der Waals surface area contributed by atoms with Gasteiger partial charge in [0.1, 0.15) is 5.52 Å². The molecule has 21 heavy (non-hydrogen) atoms. The molecular formula is C14H8Cl2N2O3. The van der Waals surface area contributed by atoms with Gasteiger partial charge in [-0.1, -0.05) is 23.2 Å². The van der Waals surface area contributed by atoms with E-state index in [-0.39, 0.29) is 5.56 Å². The third-order valence-corrected chi connectivity index (χ3v) is 3.47. The average Bonchev–Trinajstić information content (AvgIpc) is 2.91. The van der Waals surface area contributed by atoms with Crippen molar-refractivity contribution >= 4 is 40.2 Å². The second-order valence-electron chi connectivity index (χ2n) is 4.27. The molecule has 0 saturated carbocycles. The maximum atomic E-state index is 11.4. The predicted molar refractivity (Wildman–Crippen MR) is 78.7 cm³/mol. The molecule has 0 unspecified atom stereocenters. The van der Waals surface area contributed by atoms with E-state index in [9.17, 15) is 4.79 Å². The summed E-state index contributed by atoms with van der Waals surface area (Å²) in [7, 11) is 0. The number of fused-ring (bicyclic) bond motifs is 1. The number of oxazole rings is 1. The molecule has 1 heterocycles. The zero-order chi connectivity index (χ0) is 15.0. The number of carbonyl (C=O) groups excluding carboxylic acids is 1. The van der Waals surface area contributed by atoms with Crippen LogP contribution in [0.25, 0.3) is 22.6 Å². The smallest absolute Gasteiger partial charge is 0.274 e. The topological polar surface area (TPSA) is 75.4 Å². The Morgan fingerprint density at radius 2 is 2.00 bits per heavy atom. The van der Waals surface area contributed by atoms with E-state index in [0.29, 0.717) is 32.6 Å². The lowest BCUT2D eigenvalue weighted by Crippen LogP contribution is -2.18. The van der Waals surface area contributed by atoms with Crippen molar-refractivity contribution in [3.63, 3.8) is 0 Å². The SMILES string of the molecule is O=C(NO)c1ccc2oc(-c3cc(Cl)ccc3Cl)nc2c1. The Hall–Kier alpha value is -2.08. The number of carbonyl (C=O) groups is 1. The number of nitrogens with zero attached hydrogens (tertiary/aromatic N) is 1. The Bertz CT molecular complexity index is 845. The van der Waals surface area contributed by atoms with E-state index in [2.05, 4.69) is 4.98 Å². The van der Waals surface area contributed by atoms with Gasteiger partial charge in [-0.15, -0.1) is 0 Å². The minimum Gasteiger partial charge on any atom is -0.436 e. The third kappa shape index (κ3) is 2.58. The number of rotatable bonds is 2. The summed E-state index contributed by atoms with van der Waals surface area (Å²) in [5, 5.41) is 9.60. The van der Waals surface area contributed by atoms with E-state index < -0.39 is 5.91 Å². The second kappa shape index (κ2) is 5.37. The minimum absolute atomic E-state index is 0.266. The molecule has 0 bridgehead atoms. The van der Waals surface area contributed by atoms with Crippen LogP contribution in [0.15, 0.2) is 40.8 Å². The monoisotopic (exact) mass is 322 g/mol. The van der Waals surface area contributed by atoms with E-state index in [0.717, 1.165) is 0 Å². The van der Waals surface area contributed by atoms with Crippen molar-refractivity contribution in [3.05, 3.63) is 52.0 Å². The summed E-state index contributed by atoms with van der Waals surface area (Å²) in [4.78, 5) is 15.7. The van der Waals surface area contributed by atoms with Gasteiger partial charge in [-0.05, 0) is 36.4 Å². The first-order chi connectivity index (χ1) is 10.1. The Balaban J connectivity index is 2.13. The predicted octanol–water partition coefficient (Wildman–Crippen LogP) is 3.92. The van der Waals surface area contributed by atoms with Crippen LogP contribution >= 0.6 is 23.2 Å². The fraction of sp³-hybridized carbons (Fsp3) is 0. The van der Waals surface area contributed by atoms with Crippen molar-refractivity contribution in [3.8, 4) is 11.5 Å². The number of hydroxylamine groups is 1. The molecule has 0 radical (unpaired) electrons. The zero-order valence-corrected chi connectivity index (χ0v) is 11.9. The normalized spacial score (nSPS) is 10.8. The molecule has 2 N–H and O–H groups in total. The first-order valence-corrected chi connectivity index (χ1v) is 6.64. The molecule has 0 spiro atoms. The third-order valence-electron chi connectivity index (χ3n) is 2.91. The average molecular weight is 323 g/mol. The van der Waals surface area contributed by atoms with Crippen molar-refractivity contribution in [2.24, 2.45) is 0 Å². The first kappa shape index (κ1) is 13.9. The maximum Gasteiger partial charge on any atom is 0.274 e. The molecular weight excluding hydrogens is 315 g/mol. The number of halogens is 2. The van der Waals surface area contributed by atoms with Crippen molar-refractivity contribution in [2.45, 2.75) is 0 Å². The number of hydrogen-bond acceptors (Lipinski definition) is 4. The highest BCUT2D eigenvalue weighted by atomic mass is 35.5. The fourth-order valence-corrected chi connectivity index (χ4v) is 2.28. The summed E-state index contributed by atoms with van der Waals surface area (Å²) < 4.78 is 5.61.